The van der Waals surface area contributed by atoms with E-state index >= 15 is 0 Å². The van der Waals surface area contributed by atoms with Crippen molar-refractivity contribution in [2.24, 2.45) is 5.92 Å². The fourth-order valence-electron chi connectivity index (χ4n) is 7.96. The predicted octanol–water partition coefficient (Wildman–Crippen LogP) is 9.83. The lowest BCUT2D eigenvalue weighted by molar-refractivity contribution is -0.276. The van der Waals surface area contributed by atoms with Gasteiger partial charge in [0.2, 0.25) is 0 Å². The Kier molecular flexibility index (Phi) is 12.7. The van der Waals surface area contributed by atoms with Crippen LogP contribution in [0.2, 0.25) is 0 Å². The summed E-state index contributed by atoms with van der Waals surface area (Å²) < 4.78 is 30.7. The van der Waals surface area contributed by atoms with Crippen LogP contribution in [0.3, 0.4) is 0 Å². The number of nitrogens with one attached hydrogen (secondary N) is 2. The monoisotopic (exact) mass is 805 g/mol. The SMILES string of the molecule is COc1cc2c(cc1OC)CN(CC1OC(c3ccc(-c4cccc(CNC(=O)Nc5ccc(Oc6ccccc6)cc5)c4)cc3)OC(c3ccc(CO)cc3)C1C)CC2. The number of carbonyl (C=O) groups excluding carboxylic acids is 1. The van der Waals surface area contributed by atoms with E-state index in [-0.39, 0.29) is 30.8 Å². The summed E-state index contributed by atoms with van der Waals surface area (Å²) in [5.41, 5.74) is 9.09. The smallest absolute Gasteiger partial charge is 0.319 e. The van der Waals surface area contributed by atoms with Crippen LogP contribution in [-0.4, -0.2) is 49.5 Å². The molecule has 308 valence electrons. The Morgan fingerprint density at radius 2 is 1.43 bits per heavy atom. The van der Waals surface area contributed by atoms with Crippen LogP contribution in [0, 0.1) is 5.92 Å². The lowest BCUT2D eigenvalue weighted by atomic mass is 9.89. The first-order valence-electron chi connectivity index (χ1n) is 20.4. The molecule has 60 heavy (non-hydrogen) atoms. The number of aliphatic hydroxyl groups excluding tert-OH is 1. The zero-order valence-electron chi connectivity index (χ0n) is 34.2. The average molecular weight is 806 g/mol. The maximum absolute atomic E-state index is 12.8. The molecule has 10 nitrogen and oxygen atoms in total. The summed E-state index contributed by atoms with van der Waals surface area (Å²) in [6.07, 6.45) is 0.0136. The number of fused-ring (bicyclic) bond motifs is 1. The molecule has 1 fully saturated rings. The Labute approximate surface area is 351 Å². The van der Waals surface area contributed by atoms with Crippen LogP contribution in [-0.2, 0) is 35.6 Å². The van der Waals surface area contributed by atoms with Gasteiger partial charge in [-0.15, -0.1) is 0 Å². The molecule has 0 radical (unpaired) electrons. The number of urea groups is 1. The molecule has 0 aliphatic carbocycles. The molecular formula is C50H51N3O7. The number of hydrogen-bond donors (Lipinski definition) is 3. The second kappa shape index (κ2) is 18.8. The largest absolute Gasteiger partial charge is 0.493 e. The van der Waals surface area contributed by atoms with Gasteiger partial charge in [-0.05, 0) is 100.0 Å². The van der Waals surface area contributed by atoms with Crippen LogP contribution in [0.25, 0.3) is 11.1 Å². The van der Waals surface area contributed by atoms with E-state index in [1.54, 1.807) is 14.2 Å². The third kappa shape index (κ3) is 9.65. The van der Waals surface area contributed by atoms with Gasteiger partial charge in [0.15, 0.2) is 17.8 Å². The summed E-state index contributed by atoms with van der Waals surface area (Å²) in [5.74, 6) is 3.00. The first-order valence-corrected chi connectivity index (χ1v) is 20.4. The molecule has 0 bridgehead atoms. The molecule has 0 saturated carbocycles. The minimum absolute atomic E-state index is 0.00841. The second-order valence-electron chi connectivity index (χ2n) is 15.4. The molecule has 2 amide bonds. The van der Waals surface area contributed by atoms with Crippen LogP contribution in [0.1, 0.15) is 52.7 Å². The van der Waals surface area contributed by atoms with E-state index in [4.69, 9.17) is 23.7 Å². The van der Waals surface area contributed by atoms with Crippen LogP contribution in [0.5, 0.6) is 23.0 Å². The van der Waals surface area contributed by atoms with Gasteiger partial charge in [0.1, 0.15) is 11.5 Å². The van der Waals surface area contributed by atoms with Gasteiger partial charge in [-0.1, -0.05) is 91.9 Å². The van der Waals surface area contributed by atoms with Crippen molar-refractivity contribution >= 4 is 11.7 Å². The van der Waals surface area contributed by atoms with Gasteiger partial charge in [-0.25, -0.2) is 4.79 Å². The number of amides is 2. The van der Waals surface area contributed by atoms with E-state index in [0.717, 1.165) is 76.7 Å². The molecule has 2 aliphatic rings. The number of methoxy groups -OCH3 is 2. The van der Waals surface area contributed by atoms with Crippen LogP contribution < -0.4 is 24.8 Å². The lowest BCUT2D eigenvalue weighted by Gasteiger charge is -2.43. The first kappa shape index (κ1) is 40.6. The quantitative estimate of drug-likeness (QED) is 0.106. The summed E-state index contributed by atoms with van der Waals surface area (Å²) in [4.78, 5) is 15.3. The van der Waals surface area contributed by atoms with Gasteiger partial charge < -0.3 is 39.4 Å². The molecule has 3 N–H and O–H groups in total. The summed E-state index contributed by atoms with van der Waals surface area (Å²) in [7, 11) is 3.35. The van der Waals surface area contributed by atoms with Crippen molar-refractivity contribution in [3.63, 3.8) is 0 Å². The van der Waals surface area contributed by atoms with Crippen molar-refractivity contribution < 1.29 is 33.6 Å². The first-order chi connectivity index (χ1) is 29.3. The fraction of sp³-hybridized carbons (Fsp3) is 0.260. The molecule has 2 aliphatic heterocycles. The van der Waals surface area contributed by atoms with Crippen molar-refractivity contribution in [2.75, 3.05) is 32.6 Å². The highest BCUT2D eigenvalue weighted by Gasteiger charge is 2.39. The minimum atomic E-state index is -0.578. The van der Waals surface area contributed by atoms with E-state index < -0.39 is 6.29 Å². The summed E-state index contributed by atoms with van der Waals surface area (Å²) in [6, 6.07) is 45.2. The number of rotatable bonds is 13. The molecule has 6 aromatic carbocycles. The van der Waals surface area contributed by atoms with Crippen LogP contribution in [0.15, 0.2) is 140 Å². The van der Waals surface area contributed by atoms with Crippen molar-refractivity contribution in [1.29, 1.82) is 0 Å². The maximum Gasteiger partial charge on any atom is 0.319 e. The molecular weight excluding hydrogens is 755 g/mol. The molecule has 2 heterocycles. The second-order valence-corrected chi connectivity index (χ2v) is 15.4. The molecule has 1 saturated heterocycles. The number of ether oxygens (including phenoxy) is 5. The molecule has 10 heteroatoms. The Balaban J connectivity index is 0.924. The number of para-hydroxylation sites is 1. The third-order valence-electron chi connectivity index (χ3n) is 11.3. The minimum Gasteiger partial charge on any atom is -0.493 e. The topological polar surface area (TPSA) is 111 Å². The van der Waals surface area contributed by atoms with E-state index in [1.807, 2.05) is 78.9 Å². The summed E-state index contributed by atoms with van der Waals surface area (Å²) >= 11 is 0. The highest BCUT2D eigenvalue weighted by Crippen LogP contribution is 2.43. The lowest BCUT2D eigenvalue weighted by Crippen LogP contribution is -2.45. The molecule has 4 atom stereocenters. The zero-order chi connectivity index (χ0) is 41.4. The molecule has 4 unspecified atom stereocenters. The summed E-state index contributed by atoms with van der Waals surface area (Å²) in [5, 5.41) is 15.6. The van der Waals surface area contributed by atoms with Gasteiger partial charge in [-0.2, -0.15) is 0 Å². The van der Waals surface area contributed by atoms with Crippen LogP contribution in [0.4, 0.5) is 10.5 Å². The van der Waals surface area contributed by atoms with E-state index in [2.05, 4.69) is 83.1 Å². The van der Waals surface area contributed by atoms with E-state index in [1.165, 1.54) is 11.1 Å². The van der Waals surface area contributed by atoms with E-state index in [9.17, 15) is 9.90 Å². The van der Waals surface area contributed by atoms with Crippen LogP contribution >= 0.6 is 0 Å². The number of benzene rings is 6. The molecule has 0 aromatic heterocycles. The molecule has 0 spiro atoms. The zero-order valence-corrected chi connectivity index (χ0v) is 34.2. The third-order valence-corrected chi connectivity index (χ3v) is 11.3. The normalized spacial score (nSPS) is 18.9. The van der Waals surface area contributed by atoms with Crippen molar-refractivity contribution in [2.45, 2.75) is 51.5 Å². The Bertz CT molecular complexity index is 2350. The van der Waals surface area contributed by atoms with Gasteiger partial charge in [-0.3, -0.25) is 4.90 Å². The maximum atomic E-state index is 12.8. The summed E-state index contributed by atoms with van der Waals surface area (Å²) in [6.45, 7) is 4.99. The van der Waals surface area contributed by atoms with Gasteiger partial charge >= 0.3 is 6.03 Å². The Hall–Kier alpha value is -6.17. The number of nitrogens with zero attached hydrogens (tertiary/aromatic N) is 1. The Morgan fingerprint density at radius 1 is 0.733 bits per heavy atom. The van der Waals surface area contributed by atoms with E-state index in [0.29, 0.717) is 18.0 Å². The van der Waals surface area contributed by atoms with Crippen molar-refractivity contribution in [3.05, 3.63) is 173 Å². The van der Waals surface area contributed by atoms with Crippen molar-refractivity contribution in [3.8, 4) is 34.1 Å². The highest BCUT2D eigenvalue weighted by atomic mass is 16.7. The number of carbonyl (C=O) groups is 1. The highest BCUT2D eigenvalue weighted by molar-refractivity contribution is 5.89. The van der Waals surface area contributed by atoms with Gasteiger partial charge in [0, 0.05) is 43.3 Å². The number of aliphatic hydroxyl groups is 1. The number of anilines is 1. The molecule has 8 rings (SSSR count). The average Bonchev–Trinajstić information content (AvgIpc) is 3.29. The van der Waals surface area contributed by atoms with Crippen molar-refractivity contribution in [1.82, 2.24) is 10.2 Å². The van der Waals surface area contributed by atoms with Gasteiger partial charge in [0.25, 0.3) is 0 Å². The number of hydrogen-bond acceptors (Lipinski definition) is 8. The molecule has 6 aromatic rings. The standard InChI is InChI=1S/C50H51N3O7/c1-33-47(31-53-25-24-40-27-45(56-2)46(57-3)28-41(40)30-53)59-49(60-48(33)37-14-12-34(32-54)13-15-37)38-18-16-36(17-19-38)39-9-7-8-35(26-39)29-51-50(55)52-42-20-22-44(23-21-42)58-43-10-5-4-6-11-43/h4-23,26-28,33,47-49,54H,24-25,29-32H2,1-3H3,(H2,51,52,55). The predicted molar refractivity (Wildman–Crippen MR) is 232 cm³/mol. The Morgan fingerprint density at radius 3 is 2.15 bits per heavy atom. The fourth-order valence-corrected chi connectivity index (χ4v) is 7.96. The van der Waals surface area contributed by atoms with Gasteiger partial charge in [0.05, 0.1) is 33.0 Å².